The number of nitrogens with one attached hydrogen (secondary N) is 2. The van der Waals surface area contributed by atoms with Crippen molar-refractivity contribution in [3.8, 4) is 0 Å². The quantitative estimate of drug-likeness (QED) is 0.666. The second-order valence-corrected chi connectivity index (χ2v) is 8.62. The fraction of sp³-hybridized carbons (Fsp3) is 0.476. The molecule has 1 heterocycles. The van der Waals surface area contributed by atoms with Crippen molar-refractivity contribution in [3.05, 3.63) is 45.6 Å². The van der Waals surface area contributed by atoms with Gasteiger partial charge < -0.3 is 15.5 Å². The lowest BCUT2D eigenvalue weighted by Crippen LogP contribution is -2.55. The standard InChI is InChI=1S/C21H28BrN5O/c1-14-15(2)23-20(24-18(14)27(3)4)26-21(11-6-5-7-12-21)25-19(28)16-9-8-10-17(22)13-16/h8-10,13H,5-7,11-12H2,1-4H3,(H,25,28)(H,23,24,26). The summed E-state index contributed by atoms with van der Waals surface area (Å²) in [7, 11) is 3.95. The highest BCUT2D eigenvalue weighted by molar-refractivity contribution is 9.10. The van der Waals surface area contributed by atoms with Crippen molar-refractivity contribution in [2.75, 3.05) is 24.3 Å². The van der Waals surface area contributed by atoms with Crippen molar-refractivity contribution in [1.82, 2.24) is 15.3 Å². The molecule has 150 valence electrons. The number of carbonyl (C=O) groups excluding carboxylic acids is 1. The average molecular weight is 446 g/mol. The van der Waals surface area contributed by atoms with Crippen LogP contribution in [0.5, 0.6) is 0 Å². The van der Waals surface area contributed by atoms with Gasteiger partial charge in [-0.2, -0.15) is 4.98 Å². The molecule has 0 bridgehead atoms. The van der Waals surface area contributed by atoms with Crippen LogP contribution in [0.2, 0.25) is 0 Å². The van der Waals surface area contributed by atoms with Crippen LogP contribution in [0.1, 0.15) is 53.7 Å². The maximum absolute atomic E-state index is 12.9. The van der Waals surface area contributed by atoms with E-state index in [1.54, 1.807) is 0 Å². The van der Waals surface area contributed by atoms with Gasteiger partial charge in [-0.15, -0.1) is 0 Å². The molecule has 0 radical (unpaired) electrons. The van der Waals surface area contributed by atoms with Gasteiger partial charge in [0.2, 0.25) is 5.95 Å². The minimum atomic E-state index is -0.539. The molecule has 1 aliphatic carbocycles. The summed E-state index contributed by atoms with van der Waals surface area (Å²) in [5.74, 6) is 1.36. The van der Waals surface area contributed by atoms with E-state index in [2.05, 4.69) is 31.5 Å². The molecule has 1 fully saturated rings. The lowest BCUT2D eigenvalue weighted by Gasteiger charge is -2.39. The van der Waals surface area contributed by atoms with Gasteiger partial charge in [0.15, 0.2) is 0 Å². The smallest absolute Gasteiger partial charge is 0.253 e. The molecule has 7 heteroatoms. The molecule has 0 saturated heterocycles. The first kappa shape index (κ1) is 20.6. The molecule has 3 rings (SSSR count). The SMILES string of the molecule is Cc1nc(NC2(NC(=O)c3cccc(Br)c3)CCCCC2)nc(N(C)C)c1C. The summed E-state index contributed by atoms with van der Waals surface area (Å²) in [6, 6.07) is 7.45. The summed E-state index contributed by atoms with van der Waals surface area (Å²) < 4.78 is 0.888. The van der Waals surface area contributed by atoms with Crippen molar-refractivity contribution in [1.29, 1.82) is 0 Å². The second-order valence-electron chi connectivity index (χ2n) is 7.71. The highest BCUT2D eigenvalue weighted by Crippen LogP contribution is 2.30. The molecule has 0 unspecified atom stereocenters. The number of amides is 1. The van der Waals surface area contributed by atoms with Gasteiger partial charge >= 0.3 is 0 Å². The van der Waals surface area contributed by atoms with Crippen LogP contribution >= 0.6 is 15.9 Å². The third kappa shape index (κ3) is 4.63. The Morgan fingerprint density at radius 3 is 2.50 bits per heavy atom. The zero-order valence-corrected chi connectivity index (χ0v) is 18.6. The third-order valence-electron chi connectivity index (χ3n) is 5.28. The molecule has 0 spiro atoms. The Kier molecular flexibility index (Phi) is 6.23. The van der Waals surface area contributed by atoms with Crippen molar-refractivity contribution < 1.29 is 4.79 Å². The first-order chi connectivity index (χ1) is 13.3. The van der Waals surface area contributed by atoms with Gasteiger partial charge in [-0.3, -0.25) is 4.79 Å². The summed E-state index contributed by atoms with van der Waals surface area (Å²) in [6.45, 7) is 4.02. The molecule has 6 nitrogen and oxygen atoms in total. The highest BCUT2D eigenvalue weighted by Gasteiger charge is 2.35. The van der Waals surface area contributed by atoms with E-state index >= 15 is 0 Å². The molecule has 0 atom stereocenters. The summed E-state index contributed by atoms with van der Waals surface area (Å²) in [5.41, 5.74) is 2.09. The molecule has 2 aromatic rings. The number of hydrogen-bond acceptors (Lipinski definition) is 5. The number of nitrogens with zero attached hydrogens (tertiary/aromatic N) is 3. The van der Waals surface area contributed by atoms with Crippen LogP contribution in [-0.2, 0) is 0 Å². The van der Waals surface area contributed by atoms with Gasteiger partial charge in [0.05, 0.1) is 0 Å². The van der Waals surface area contributed by atoms with E-state index in [1.165, 1.54) is 6.42 Å². The summed E-state index contributed by atoms with van der Waals surface area (Å²) >= 11 is 3.44. The molecular formula is C21H28BrN5O. The maximum atomic E-state index is 12.9. The fourth-order valence-corrected chi connectivity index (χ4v) is 4.07. The molecule has 28 heavy (non-hydrogen) atoms. The average Bonchev–Trinajstić information content (AvgIpc) is 2.65. The van der Waals surface area contributed by atoms with E-state index in [0.29, 0.717) is 11.5 Å². The van der Waals surface area contributed by atoms with Gasteiger partial charge in [0, 0.05) is 35.4 Å². The molecule has 2 N–H and O–H groups in total. The Morgan fingerprint density at radius 1 is 1.14 bits per heavy atom. The van der Waals surface area contributed by atoms with Gasteiger partial charge in [-0.05, 0) is 57.7 Å². The maximum Gasteiger partial charge on any atom is 0.253 e. The highest BCUT2D eigenvalue weighted by atomic mass is 79.9. The zero-order valence-electron chi connectivity index (χ0n) is 17.0. The van der Waals surface area contributed by atoms with E-state index in [1.807, 2.05) is 57.1 Å². The Balaban J connectivity index is 1.89. The van der Waals surface area contributed by atoms with Crippen LogP contribution in [0, 0.1) is 13.8 Å². The normalized spacial score (nSPS) is 15.8. The Morgan fingerprint density at radius 2 is 1.86 bits per heavy atom. The lowest BCUT2D eigenvalue weighted by molar-refractivity contribution is 0.0888. The van der Waals surface area contributed by atoms with E-state index in [4.69, 9.17) is 4.98 Å². The zero-order chi connectivity index (χ0) is 20.3. The third-order valence-corrected chi connectivity index (χ3v) is 5.78. The number of carbonyl (C=O) groups is 1. The predicted octanol–water partition coefficient (Wildman–Crippen LogP) is 4.42. The van der Waals surface area contributed by atoms with Crippen LogP contribution in [0.25, 0.3) is 0 Å². The Bertz CT molecular complexity index is 862. The Labute approximate surface area is 175 Å². The first-order valence-electron chi connectivity index (χ1n) is 9.68. The number of anilines is 2. The molecule has 1 aromatic carbocycles. The van der Waals surface area contributed by atoms with Crippen molar-refractivity contribution in [2.24, 2.45) is 0 Å². The number of halogens is 1. The van der Waals surface area contributed by atoms with Crippen molar-refractivity contribution >= 4 is 33.6 Å². The van der Waals surface area contributed by atoms with E-state index in [-0.39, 0.29) is 5.91 Å². The van der Waals surface area contributed by atoms with Crippen molar-refractivity contribution in [2.45, 2.75) is 51.6 Å². The van der Waals surface area contributed by atoms with Crippen LogP contribution in [-0.4, -0.2) is 35.6 Å². The molecule has 1 amide bonds. The molecule has 0 aliphatic heterocycles. The van der Waals surface area contributed by atoms with Gasteiger partial charge in [0.25, 0.3) is 5.91 Å². The monoisotopic (exact) mass is 445 g/mol. The van der Waals surface area contributed by atoms with E-state index < -0.39 is 5.66 Å². The topological polar surface area (TPSA) is 70.1 Å². The van der Waals surface area contributed by atoms with Gasteiger partial charge in [0.1, 0.15) is 11.5 Å². The first-order valence-corrected chi connectivity index (χ1v) is 10.5. The number of rotatable bonds is 5. The van der Waals surface area contributed by atoms with E-state index in [9.17, 15) is 4.79 Å². The molecule has 1 aliphatic rings. The number of aryl methyl sites for hydroxylation is 1. The van der Waals surface area contributed by atoms with Crippen LogP contribution in [0.4, 0.5) is 11.8 Å². The largest absolute Gasteiger partial charge is 0.362 e. The number of benzene rings is 1. The van der Waals surface area contributed by atoms with Crippen molar-refractivity contribution in [3.63, 3.8) is 0 Å². The van der Waals surface area contributed by atoms with Gasteiger partial charge in [-0.1, -0.05) is 28.4 Å². The molecule has 1 saturated carbocycles. The predicted molar refractivity (Wildman–Crippen MR) is 117 cm³/mol. The molecular weight excluding hydrogens is 418 g/mol. The lowest BCUT2D eigenvalue weighted by atomic mass is 9.88. The van der Waals surface area contributed by atoms with Crippen LogP contribution in [0.15, 0.2) is 28.7 Å². The van der Waals surface area contributed by atoms with E-state index in [0.717, 1.165) is 47.2 Å². The number of aromatic nitrogens is 2. The number of hydrogen-bond donors (Lipinski definition) is 2. The molecule has 1 aromatic heterocycles. The minimum Gasteiger partial charge on any atom is -0.362 e. The van der Waals surface area contributed by atoms with Gasteiger partial charge in [-0.25, -0.2) is 4.98 Å². The Hall–Kier alpha value is -2.15. The fourth-order valence-electron chi connectivity index (χ4n) is 3.67. The summed E-state index contributed by atoms with van der Waals surface area (Å²) in [6.07, 6.45) is 4.97. The second kappa shape index (κ2) is 8.47. The summed E-state index contributed by atoms with van der Waals surface area (Å²) in [5, 5.41) is 6.72. The van der Waals surface area contributed by atoms with Crippen LogP contribution in [0.3, 0.4) is 0 Å². The minimum absolute atomic E-state index is 0.0904. The summed E-state index contributed by atoms with van der Waals surface area (Å²) in [4.78, 5) is 24.3. The van der Waals surface area contributed by atoms with Crippen LogP contribution < -0.4 is 15.5 Å².